The van der Waals surface area contributed by atoms with Gasteiger partial charge in [0.15, 0.2) is 0 Å². The SMILES string of the molecule is CCCn1nc(C)c(N)c1N(C)CC1CCCO1. The molecule has 102 valence electrons. The first-order valence-electron chi connectivity index (χ1n) is 6.79. The van der Waals surface area contributed by atoms with Crippen molar-refractivity contribution < 1.29 is 4.74 Å². The van der Waals surface area contributed by atoms with Crippen LogP contribution in [0.5, 0.6) is 0 Å². The molecule has 0 saturated carbocycles. The van der Waals surface area contributed by atoms with Gasteiger partial charge >= 0.3 is 0 Å². The summed E-state index contributed by atoms with van der Waals surface area (Å²) in [6.45, 7) is 6.80. The second-order valence-electron chi connectivity index (χ2n) is 5.06. The van der Waals surface area contributed by atoms with Crippen molar-refractivity contribution in [2.75, 3.05) is 30.8 Å². The predicted molar refractivity (Wildman–Crippen MR) is 73.9 cm³/mol. The lowest BCUT2D eigenvalue weighted by molar-refractivity contribution is 0.116. The van der Waals surface area contributed by atoms with E-state index in [2.05, 4.69) is 24.0 Å². The number of rotatable bonds is 5. The van der Waals surface area contributed by atoms with Crippen molar-refractivity contribution in [1.29, 1.82) is 0 Å². The molecule has 5 heteroatoms. The van der Waals surface area contributed by atoms with Gasteiger partial charge in [-0.15, -0.1) is 0 Å². The van der Waals surface area contributed by atoms with Gasteiger partial charge in [-0.1, -0.05) is 6.92 Å². The minimum atomic E-state index is 0.333. The van der Waals surface area contributed by atoms with Crippen LogP contribution in [0.1, 0.15) is 31.9 Å². The molecular formula is C13H24N4O. The highest BCUT2D eigenvalue weighted by Gasteiger charge is 2.22. The van der Waals surface area contributed by atoms with Gasteiger partial charge in [0, 0.05) is 26.7 Å². The molecule has 2 N–H and O–H groups in total. The Hall–Kier alpha value is -1.23. The highest BCUT2D eigenvalue weighted by Crippen LogP contribution is 2.27. The number of nitrogens with two attached hydrogens (primary N) is 1. The maximum Gasteiger partial charge on any atom is 0.150 e. The Bertz CT molecular complexity index is 396. The van der Waals surface area contributed by atoms with E-state index in [-0.39, 0.29) is 0 Å². The summed E-state index contributed by atoms with van der Waals surface area (Å²) in [6, 6.07) is 0. The molecule has 1 aliphatic rings. The van der Waals surface area contributed by atoms with E-state index in [1.54, 1.807) is 0 Å². The molecule has 5 nitrogen and oxygen atoms in total. The Balaban J connectivity index is 2.14. The summed E-state index contributed by atoms with van der Waals surface area (Å²) in [4.78, 5) is 2.18. The van der Waals surface area contributed by atoms with Gasteiger partial charge in [0.2, 0.25) is 0 Å². The van der Waals surface area contributed by atoms with E-state index in [1.807, 2.05) is 11.6 Å². The lowest BCUT2D eigenvalue weighted by Crippen LogP contribution is -2.30. The zero-order chi connectivity index (χ0) is 13.1. The minimum Gasteiger partial charge on any atom is -0.394 e. The van der Waals surface area contributed by atoms with Gasteiger partial charge in [-0.3, -0.25) is 0 Å². The molecule has 18 heavy (non-hydrogen) atoms. The summed E-state index contributed by atoms with van der Waals surface area (Å²) in [5.74, 6) is 1.03. The molecule has 1 atom stereocenters. The van der Waals surface area contributed by atoms with Gasteiger partial charge in [-0.05, 0) is 26.2 Å². The Kier molecular flexibility index (Phi) is 4.11. The van der Waals surface area contributed by atoms with E-state index in [9.17, 15) is 0 Å². The Morgan fingerprint density at radius 3 is 2.94 bits per heavy atom. The van der Waals surface area contributed by atoms with Crippen molar-refractivity contribution in [3.05, 3.63) is 5.69 Å². The molecule has 2 heterocycles. The average molecular weight is 252 g/mol. The topological polar surface area (TPSA) is 56.3 Å². The lowest BCUT2D eigenvalue weighted by atomic mass is 10.2. The third kappa shape index (κ3) is 2.61. The van der Waals surface area contributed by atoms with E-state index in [0.717, 1.165) is 49.7 Å². The van der Waals surface area contributed by atoms with Crippen molar-refractivity contribution in [3.8, 4) is 0 Å². The van der Waals surface area contributed by atoms with E-state index in [1.165, 1.54) is 6.42 Å². The van der Waals surface area contributed by atoms with Crippen LogP contribution < -0.4 is 10.6 Å². The molecule has 1 aromatic heterocycles. The molecule has 2 rings (SSSR count). The smallest absolute Gasteiger partial charge is 0.150 e. The van der Waals surface area contributed by atoms with E-state index in [4.69, 9.17) is 10.5 Å². The van der Waals surface area contributed by atoms with Gasteiger partial charge in [-0.25, -0.2) is 4.68 Å². The summed E-state index contributed by atoms with van der Waals surface area (Å²) in [6.07, 6.45) is 3.70. The Morgan fingerprint density at radius 1 is 1.56 bits per heavy atom. The molecular weight excluding hydrogens is 228 g/mol. The molecule has 0 aromatic carbocycles. The molecule has 1 saturated heterocycles. The number of hydrogen-bond acceptors (Lipinski definition) is 4. The number of nitrogen functional groups attached to an aromatic ring is 1. The van der Waals surface area contributed by atoms with Gasteiger partial charge in [0.1, 0.15) is 5.82 Å². The minimum absolute atomic E-state index is 0.333. The summed E-state index contributed by atoms with van der Waals surface area (Å²) in [5, 5.41) is 4.50. The van der Waals surface area contributed by atoms with E-state index >= 15 is 0 Å². The van der Waals surface area contributed by atoms with Crippen molar-refractivity contribution in [2.45, 2.75) is 45.8 Å². The van der Waals surface area contributed by atoms with Crippen molar-refractivity contribution >= 4 is 11.5 Å². The van der Waals surface area contributed by atoms with Gasteiger partial charge in [0.25, 0.3) is 0 Å². The second-order valence-corrected chi connectivity index (χ2v) is 5.06. The Morgan fingerprint density at radius 2 is 2.33 bits per heavy atom. The number of likely N-dealkylation sites (N-methyl/N-ethyl adjacent to an activating group) is 1. The number of anilines is 2. The number of aromatic nitrogens is 2. The van der Waals surface area contributed by atoms with Crippen LogP contribution in [0.3, 0.4) is 0 Å². The third-order valence-electron chi connectivity index (χ3n) is 3.44. The fraction of sp³-hybridized carbons (Fsp3) is 0.769. The molecule has 1 unspecified atom stereocenters. The van der Waals surface area contributed by atoms with Gasteiger partial charge in [0.05, 0.1) is 17.5 Å². The first-order chi connectivity index (χ1) is 8.63. The first-order valence-corrected chi connectivity index (χ1v) is 6.79. The summed E-state index contributed by atoms with van der Waals surface area (Å²) in [7, 11) is 2.07. The fourth-order valence-electron chi connectivity index (χ4n) is 2.53. The van der Waals surface area contributed by atoms with Gasteiger partial charge < -0.3 is 15.4 Å². The maximum atomic E-state index is 6.14. The highest BCUT2D eigenvalue weighted by molar-refractivity contribution is 5.65. The largest absolute Gasteiger partial charge is 0.394 e. The second kappa shape index (κ2) is 5.61. The highest BCUT2D eigenvalue weighted by atomic mass is 16.5. The number of ether oxygens (including phenoxy) is 1. The first kappa shape index (κ1) is 13.2. The van der Waals surface area contributed by atoms with Crippen LogP contribution in [0.4, 0.5) is 11.5 Å². The monoisotopic (exact) mass is 252 g/mol. The molecule has 1 fully saturated rings. The van der Waals surface area contributed by atoms with Crippen molar-refractivity contribution in [2.24, 2.45) is 0 Å². The zero-order valence-corrected chi connectivity index (χ0v) is 11.6. The van der Waals surface area contributed by atoms with Crippen LogP contribution in [-0.4, -0.2) is 36.1 Å². The summed E-state index contributed by atoms with van der Waals surface area (Å²) in [5.41, 5.74) is 7.85. The van der Waals surface area contributed by atoms with Crippen LogP contribution in [0.25, 0.3) is 0 Å². The molecule has 0 spiro atoms. The quantitative estimate of drug-likeness (QED) is 0.868. The zero-order valence-electron chi connectivity index (χ0n) is 11.6. The molecule has 0 amide bonds. The fourth-order valence-corrected chi connectivity index (χ4v) is 2.53. The van der Waals surface area contributed by atoms with Crippen molar-refractivity contribution in [1.82, 2.24) is 9.78 Å². The van der Waals surface area contributed by atoms with Crippen LogP contribution >= 0.6 is 0 Å². The molecule has 1 aliphatic heterocycles. The molecule has 0 radical (unpaired) electrons. The number of hydrogen-bond donors (Lipinski definition) is 1. The summed E-state index contributed by atoms with van der Waals surface area (Å²) < 4.78 is 7.69. The third-order valence-corrected chi connectivity index (χ3v) is 3.44. The number of nitrogens with zero attached hydrogens (tertiary/aromatic N) is 3. The van der Waals surface area contributed by atoms with E-state index in [0.29, 0.717) is 6.10 Å². The molecule has 1 aromatic rings. The molecule has 0 aliphatic carbocycles. The molecule has 0 bridgehead atoms. The summed E-state index contributed by atoms with van der Waals surface area (Å²) >= 11 is 0. The van der Waals surface area contributed by atoms with Crippen LogP contribution in [0, 0.1) is 6.92 Å². The lowest BCUT2D eigenvalue weighted by Gasteiger charge is -2.24. The van der Waals surface area contributed by atoms with Crippen molar-refractivity contribution in [3.63, 3.8) is 0 Å². The van der Waals surface area contributed by atoms with Crippen LogP contribution in [-0.2, 0) is 11.3 Å². The van der Waals surface area contributed by atoms with Gasteiger partial charge in [-0.2, -0.15) is 5.10 Å². The van der Waals surface area contributed by atoms with Crippen LogP contribution in [0.2, 0.25) is 0 Å². The normalized spacial score (nSPS) is 19.4. The average Bonchev–Trinajstić information content (AvgIpc) is 2.90. The van der Waals surface area contributed by atoms with E-state index < -0.39 is 0 Å². The van der Waals surface area contributed by atoms with Crippen LogP contribution in [0.15, 0.2) is 0 Å². The Labute approximate surface area is 109 Å². The number of aryl methyl sites for hydroxylation is 2. The standard InChI is InChI=1S/C13H24N4O/c1-4-7-17-13(12(14)10(2)15-17)16(3)9-11-6-5-8-18-11/h11H,4-9,14H2,1-3H3. The maximum absolute atomic E-state index is 6.14. The predicted octanol–water partition coefficient (Wildman–Crippen LogP) is 1.80.